The fourth-order valence-electron chi connectivity index (χ4n) is 6.13. The minimum absolute atomic E-state index is 0.146. The van der Waals surface area contributed by atoms with Crippen molar-refractivity contribution in [3.63, 3.8) is 0 Å². The Morgan fingerprint density at radius 2 is 1.55 bits per heavy atom. The average Bonchev–Trinajstić information content (AvgIpc) is 3.26. The lowest BCUT2D eigenvalue weighted by Crippen LogP contribution is -2.48. The molecular formula is C28H20FNO3. The molecule has 0 aromatic heterocycles. The summed E-state index contributed by atoms with van der Waals surface area (Å²) in [7, 11) is 0. The van der Waals surface area contributed by atoms with Crippen molar-refractivity contribution in [3.05, 3.63) is 107 Å². The van der Waals surface area contributed by atoms with Crippen molar-refractivity contribution in [3.8, 4) is 0 Å². The van der Waals surface area contributed by atoms with Crippen LogP contribution in [0, 0.1) is 11.2 Å². The highest BCUT2D eigenvalue weighted by Gasteiger charge is 2.71. The van der Waals surface area contributed by atoms with E-state index in [-0.39, 0.29) is 23.2 Å². The van der Waals surface area contributed by atoms with E-state index in [9.17, 15) is 18.8 Å². The van der Waals surface area contributed by atoms with Crippen LogP contribution in [-0.2, 0) is 4.79 Å². The van der Waals surface area contributed by atoms with Gasteiger partial charge in [-0.15, -0.1) is 0 Å². The SMILES string of the molecule is CC(=O)[C@@H]1[C@@H](c2ccccc2)C2(C(=O)c3ccccc3C2=O)[C@H]2C=Cc3cc(F)ccc3N12. The average molecular weight is 437 g/mol. The predicted octanol–water partition coefficient (Wildman–Crippen LogP) is 4.85. The van der Waals surface area contributed by atoms with E-state index >= 15 is 0 Å². The summed E-state index contributed by atoms with van der Waals surface area (Å²) < 4.78 is 14.0. The van der Waals surface area contributed by atoms with Gasteiger partial charge in [0, 0.05) is 28.3 Å². The van der Waals surface area contributed by atoms with Crippen LogP contribution in [0.15, 0.2) is 78.9 Å². The van der Waals surface area contributed by atoms with E-state index in [0.717, 1.165) is 5.56 Å². The first-order valence-electron chi connectivity index (χ1n) is 11.0. The Morgan fingerprint density at radius 3 is 2.18 bits per heavy atom. The number of rotatable bonds is 2. The van der Waals surface area contributed by atoms with Crippen LogP contribution in [0.1, 0.15) is 44.7 Å². The molecule has 4 nitrogen and oxygen atoms in total. The zero-order valence-corrected chi connectivity index (χ0v) is 17.9. The number of hydrogen-bond acceptors (Lipinski definition) is 4. The molecule has 162 valence electrons. The molecule has 3 aromatic carbocycles. The zero-order chi connectivity index (χ0) is 22.9. The molecule has 1 spiro atoms. The van der Waals surface area contributed by atoms with E-state index in [2.05, 4.69) is 0 Å². The Labute approximate surface area is 190 Å². The van der Waals surface area contributed by atoms with Crippen LogP contribution in [0.25, 0.3) is 6.08 Å². The number of anilines is 1. The summed E-state index contributed by atoms with van der Waals surface area (Å²) in [5.41, 5.74) is 1.34. The van der Waals surface area contributed by atoms with Gasteiger partial charge in [-0.2, -0.15) is 0 Å². The van der Waals surface area contributed by atoms with Gasteiger partial charge in [-0.3, -0.25) is 14.4 Å². The Hall–Kier alpha value is -3.86. The summed E-state index contributed by atoms with van der Waals surface area (Å²) in [5, 5.41) is 0. The van der Waals surface area contributed by atoms with Crippen LogP contribution in [0.2, 0.25) is 0 Å². The molecule has 33 heavy (non-hydrogen) atoms. The van der Waals surface area contributed by atoms with Gasteiger partial charge in [0.15, 0.2) is 17.3 Å². The number of carbonyl (C=O) groups excluding carboxylic acids is 3. The molecule has 0 N–H and O–H groups in total. The highest BCUT2D eigenvalue weighted by molar-refractivity contribution is 6.32. The maximum Gasteiger partial charge on any atom is 0.180 e. The topological polar surface area (TPSA) is 54.5 Å². The lowest BCUT2D eigenvalue weighted by Gasteiger charge is -2.37. The first-order chi connectivity index (χ1) is 16.0. The van der Waals surface area contributed by atoms with Crippen molar-refractivity contribution >= 4 is 29.1 Å². The van der Waals surface area contributed by atoms with Gasteiger partial charge in [0.05, 0.1) is 12.1 Å². The summed E-state index contributed by atoms with van der Waals surface area (Å²) in [6.07, 6.45) is 3.55. The van der Waals surface area contributed by atoms with Crippen LogP contribution >= 0.6 is 0 Å². The number of fused-ring (bicyclic) bond motifs is 5. The fraction of sp³-hybridized carbons (Fsp3) is 0.179. The third kappa shape index (κ3) is 2.42. The monoisotopic (exact) mass is 437 g/mol. The molecule has 2 heterocycles. The number of hydrogen-bond donors (Lipinski definition) is 0. The highest BCUT2D eigenvalue weighted by atomic mass is 19.1. The smallest absolute Gasteiger partial charge is 0.180 e. The molecule has 0 amide bonds. The molecule has 3 aromatic rings. The molecule has 0 radical (unpaired) electrons. The highest BCUT2D eigenvalue weighted by Crippen LogP contribution is 2.60. The van der Waals surface area contributed by atoms with Gasteiger partial charge >= 0.3 is 0 Å². The van der Waals surface area contributed by atoms with Crippen molar-refractivity contribution in [2.75, 3.05) is 4.90 Å². The molecular weight excluding hydrogens is 417 g/mol. The molecule has 0 saturated carbocycles. The van der Waals surface area contributed by atoms with E-state index in [1.807, 2.05) is 35.2 Å². The normalized spacial score (nSPS) is 24.1. The fourth-order valence-corrected chi connectivity index (χ4v) is 6.13. The van der Waals surface area contributed by atoms with Gasteiger partial charge in [0.1, 0.15) is 11.2 Å². The second kappa shape index (κ2) is 6.82. The Kier molecular flexibility index (Phi) is 4.09. The summed E-state index contributed by atoms with van der Waals surface area (Å²) in [6, 6.07) is 19.2. The van der Waals surface area contributed by atoms with Crippen LogP contribution < -0.4 is 4.90 Å². The minimum Gasteiger partial charge on any atom is -0.352 e. The third-order valence-corrected chi connectivity index (χ3v) is 7.34. The summed E-state index contributed by atoms with van der Waals surface area (Å²) >= 11 is 0. The molecule has 1 fully saturated rings. The molecule has 3 aliphatic rings. The van der Waals surface area contributed by atoms with Gasteiger partial charge in [-0.1, -0.05) is 66.7 Å². The number of nitrogens with zero attached hydrogens (tertiary/aromatic N) is 1. The summed E-state index contributed by atoms with van der Waals surface area (Å²) in [6.45, 7) is 1.50. The number of Topliss-reactive ketones (excluding diaryl/α,β-unsaturated/α-hetero) is 3. The lowest BCUT2D eigenvalue weighted by molar-refractivity contribution is -0.118. The van der Waals surface area contributed by atoms with Crippen LogP contribution in [0.4, 0.5) is 10.1 Å². The van der Waals surface area contributed by atoms with Gasteiger partial charge < -0.3 is 4.90 Å². The van der Waals surface area contributed by atoms with Gasteiger partial charge in [0.25, 0.3) is 0 Å². The van der Waals surface area contributed by atoms with E-state index in [1.165, 1.54) is 19.1 Å². The second-order valence-electron chi connectivity index (χ2n) is 8.93. The third-order valence-electron chi connectivity index (χ3n) is 7.34. The first-order valence-corrected chi connectivity index (χ1v) is 11.0. The van der Waals surface area contributed by atoms with Gasteiger partial charge in [-0.05, 0) is 30.7 Å². The molecule has 3 atom stereocenters. The Bertz CT molecular complexity index is 1340. The van der Waals surface area contributed by atoms with Crippen molar-refractivity contribution < 1.29 is 18.8 Å². The van der Waals surface area contributed by atoms with E-state index in [1.54, 1.807) is 42.5 Å². The molecule has 5 heteroatoms. The zero-order valence-electron chi connectivity index (χ0n) is 17.9. The Morgan fingerprint density at radius 1 is 0.909 bits per heavy atom. The standard InChI is InChI=1S/C28H20FNO3/c1-16(31)25-24(17-7-3-2-4-8-17)28(26(32)20-9-5-6-10-21(20)27(28)33)23-14-11-18-15-19(29)12-13-22(18)30(23)25/h2-15,23-25H,1H3/t23-,24-,25-/m1/s1. The van der Waals surface area contributed by atoms with Crippen molar-refractivity contribution in [2.45, 2.75) is 24.9 Å². The van der Waals surface area contributed by atoms with Gasteiger partial charge in [-0.25, -0.2) is 4.39 Å². The minimum atomic E-state index is -1.48. The van der Waals surface area contributed by atoms with E-state index in [0.29, 0.717) is 22.4 Å². The van der Waals surface area contributed by atoms with Crippen molar-refractivity contribution in [1.29, 1.82) is 0 Å². The molecule has 1 aliphatic carbocycles. The number of benzene rings is 3. The predicted molar refractivity (Wildman–Crippen MR) is 123 cm³/mol. The number of carbonyl (C=O) groups is 3. The summed E-state index contributed by atoms with van der Waals surface area (Å²) in [4.78, 5) is 43.4. The van der Waals surface area contributed by atoms with E-state index < -0.39 is 23.4 Å². The maximum absolute atomic E-state index is 14.2. The van der Waals surface area contributed by atoms with Crippen molar-refractivity contribution in [2.24, 2.45) is 5.41 Å². The van der Waals surface area contributed by atoms with Crippen LogP contribution in [0.5, 0.6) is 0 Å². The second-order valence-corrected chi connectivity index (χ2v) is 8.93. The van der Waals surface area contributed by atoms with Crippen LogP contribution in [0.3, 0.4) is 0 Å². The quantitative estimate of drug-likeness (QED) is 0.538. The van der Waals surface area contributed by atoms with E-state index in [4.69, 9.17) is 0 Å². The largest absolute Gasteiger partial charge is 0.352 e. The molecule has 2 aliphatic heterocycles. The number of ketones is 3. The summed E-state index contributed by atoms with van der Waals surface area (Å²) in [5.74, 6) is -1.73. The first kappa shape index (κ1) is 19.8. The molecule has 0 unspecified atom stereocenters. The van der Waals surface area contributed by atoms with Gasteiger partial charge in [0.2, 0.25) is 0 Å². The lowest BCUT2D eigenvalue weighted by atomic mass is 9.64. The molecule has 0 bridgehead atoms. The Balaban J connectivity index is 1.68. The maximum atomic E-state index is 14.2. The number of halogens is 1. The van der Waals surface area contributed by atoms with Crippen LogP contribution in [-0.4, -0.2) is 29.4 Å². The molecule has 6 rings (SSSR count). The molecule has 1 saturated heterocycles. The van der Waals surface area contributed by atoms with Crippen molar-refractivity contribution in [1.82, 2.24) is 0 Å².